The van der Waals surface area contributed by atoms with Gasteiger partial charge in [0.15, 0.2) is 5.82 Å². The van der Waals surface area contributed by atoms with Gasteiger partial charge in [-0.3, -0.25) is 9.80 Å². The molecule has 0 saturated carbocycles. The number of piperazine rings is 1. The predicted octanol–water partition coefficient (Wildman–Crippen LogP) is 3.60. The summed E-state index contributed by atoms with van der Waals surface area (Å²) in [7, 11) is 0. The molecule has 1 aromatic heterocycles. The summed E-state index contributed by atoms with van der Waals surface area (Å²) in [4.78, 5) is 5.11. The first kappa shape index (κ1) is 22.0. The third kappa shape index (κ3) is 6.66. The molecule has 0 N–H and O–H groups in total. The molecule has 1 aliphatic heterocycles. The van der Waals surface area contributed by atoms with E-state index in [0.29, 0.717) is 6.04 Å². The average molecular weight is 415 g/mol. The van der Waals surface area contributed by atoms with Crippen LogP contribution in [0.25, 0.3) is 6.08 Å². The minimum absolute atomic E-state index is 0.316. The van der Waals surface area contributed by atoms with Crippen LogP contribution >= 0.6 is 11.8 Å². The van der Waals surface area contributed by atoms with E-state index in [2.05, 4.69) is 81.0 Å². The summed E-state index contributed by atoms with van der Waals surface area (Å²) >= 11 is 1.90. The first-order chi connectivity index (χ1) is 14.3. The second kappa shape index (κ2) is 12.1. The highest BCUT2D eigenvalue weighted by atomic mass is 32.2. The number of thioether (sulfide) groups is 1. The van der Waals surface area contributed by atoms with Crippen molar-refractivity contribution in [2.75, 3.05) is 44.7 Å². The minimum atomic E-state index is 0.316. The van der Waals surface area contributed by atoms with Crippen LogP contribution in [-0.4, -0.2) is 74.7 Å². The maximum absolute atomic E-state index is 4.43. The summed E-state index contributed by atoms with van der Waals surface area (Å²) in [6.45, 7) is 8.45. The van der Waals surface area contributed by atoms with Gasteiger partial charge >= 0.3 is 0 Å². The summed E-state index contributed by atoms with van der Waals surface area (Å²) in [5, 5.41) is 12.7. The zero-order valence-corrected chi connectivity index (χ0v) is 18.6. The fourth-order valence-electron chi connectivity index (χ4n) is 3.78. The number of benzene rings is 1. The zero-order valence-electron chi connectivity index (χ0n) is 17.8. The third-order valence-corrected chi connectivity index (χ3v) is 6.14. The van der Waals surface area contributed by atoms with Crippen molar-refractivity contribution in [2.45, 2.75) is 38.8 Å². The highest BCUT2D eigenvalue weighted by molar-refractivity contribution is 7.98. The molecule has 1 unspecified atom stereocenters. The van der Waals surface area contributed by atoms with E-state index in [4.69, 9.17) is 0 Å². The molecule has 2 heterocycles. The van der Waals surface area contributed by atoms with Gasteiger partial charge in [0.1, 0.15) is 0 Å². The van der Waals surface area contributed by atoms with Gasteiger partial charge in [0.05, 0.1) is 6.04 Å². The first-order valence-corrected chi connectivity index (χ1v) is 12.1. The van der Waals surface area contributed by atoms with Gasteiger partial charge in [-0.05, 0) is 40.8 Å². The van der Waals surface area contributed by atoms with Gasteiger partial charge < -0.3 is 0 Å². The molecule has 3 rings (SSSR count). The molecule has 1 atom stereocenters. The lowest BCUT2D eigenvalue weighted by Gasteiger charge is -2.38. The molecule has 29 heavy (non-hydrogen) atoms. The SMILES string of the molecule is CCCCn1nnnc1C(CCSC)N1CCN(C/C=C/c2ccccc2)CC1. The molecular weight excluding hydrogens is 380 g/mol. The lowest BCUT2D eigenvalue weighted by molar-refractivity contribution is 0.0951. The van der Waals surface area contributed by atoms with Crippen molar-refractivity contribution < 1.29 is 0 Å². The van der Waals surface area contributed by atoms with Crippen LogP contribution in [0.2, 0.25) is 0 Å². The maximum atomic E-state index is 4.43. The van der Waals surface area contributed by atoms with Crippen LogP contribution in [0, 0.1) is 0 Å². The first-order valence-electron chi connectivity index (χ1n) is 10.7. The fraction of sp³-hybridized carbons (Fsp3) is 0.591. The molecule has 0 bridgehead atoms. The Morgan fingerprint density at radius 1 is 1.14 bits per heavy atom. The van der Waals surface area contributed by atoms with Crippen LogP contribution < -0.4 is 0 Å². The van der Waals surface area contributed by atoms with Crippen LogP contribution in [0.4, 0.5) is 0 Å². The van der Waals surface area contributed by atoms with Crippen molar-refractivity contribution >= 4 is 17.8 Å². The Morgan fingerprint density at radius 3 is 2.66 bits per heavy atom. The highest BCUT2D eigenvalue weighted by Gasteiger charge is 2.28. The van der Waals surface area contributed by atoms with Gasteiger partial charge in [0.2, 0.25) is 0 Å². The number of aryl methyl sites for hydroxylation is 1. The Labute approximate surface area is 179 Å². The number of aromatic nitrogens is 4. The summed E-state index contributed by atoms with van der Waals surface area (Å²) < 4.78 is 2.03. The Balaban J connectivity index is 1.56. The van der Waals surface area contributed by atoms with E-state index in [1.54, 1.807) is 0 Å². The molecule has 1 aromatic carbocycles. The van der Waals surface area contributed by atoms with Gasteiger partial charge in [-0.1, -0.05) is 55.8 Å². The molecule has 158 valence electrons. The maximum Gasteiger partial charge on any atom is 0.168 e. The standard InChI is InChI=1S/C22H34N6S/c1-3-4-14-28-22(23-24-25-28)21(12-19-29-2)27-17-15-26(16-18-27)13-8-11-20-9-6-5-7-10-20/h5-11,21H,3-4,12-19H2,1-2H3/b11-8+. The Bertz CT molecular complexity index is 724. The molecule has 0 spiro atoms. The van der Waals surface area contributed by atoms with Gasteiger partial charge in [0, 0.05) is 39.3 Å². The van der Waals surface area contributed by atoms with Crippen LogP contribution in [0.5, 0.6) is 0 Å². The van der Waals surface area contributed by atoms with E-state index in [0.717, 1.165) is 70.1 Å². The van der Waals surface area contributed by atoms with E-state index in [-0.39, 0.29) is 0 Å². The molecule has 0 aliphatic carbocycles. The summed E-state index contributed by atoms with van der Waals surface area (Å²) in [6.07, 6.45) is 10.0. The molecular formula is C22H34N6S. The topological polar surface area (TPSA) is 50.1 Å². The molecule has 6 nitrogen and oxygen atoms in total. The zero-order chi connectivity index (χ0) is 20.3. The summed E-state index contributed by atoms with van der Waals surface area (Å²) in [5.74, 6) is 2.18. The van der Waals surface area contributed by atoms with E-state index < -0.39 is 0 Å². The van der Waals surface area contributed by atoms with Crippen LogP contribution in [0.3, 0.4) is 0 Å². The lowest BCUT2D eigenvalue weighted by atomic mass is 10.1. The van der Waals surface area contributed by atoms with E-state index >= 15 is 0 Å². The smallest absolute Gasteiger partial charge is 0.168 e. The van der Waals surface area contributed by atoms with Crippen LogP contribution in [0.1, 0.15) is 43.6 Å². The number of nitrogens with zero attached hydrogens (tertiary/aromatic N) is 6. The second-order valence-electron chi connectivity index (χ2n) is 7.56. The van der Waals surface area contributed by atoms with Gasteiger partial charge in [-0.25, -0.2) is 4.68 Å². The molecule has 1 saturated heterocycles. The molecule has 1 aliphatic rings. The van der Waals surface area contributed by atoms with Gasteiger partial charge in [-0.15, -0.1) is 5.10 Å². The minimum Gasteiger partial charge on any atom is -0.297 e. The van der Waals surface area contributed by atoms with Crippen molar-refractivity contribution in [3.63, 3.8) is 0 Å². The number of rotatable bonds is 11. The van der Waals surface area contributed by atoms with Gasteiger partial charge in [0.25, 0.3) is 0 Å². The van der Waals surface area contributed by atoms with E-state index in [1.807, 2.05) is 16.4 Å². The number of hydrogen-bond donors (Lipinski definition) is 0. The van der Waals surface area contributed by atoms with Crippen molar-refractivity contribution in [2.24, 2.45) is 0 Å². The molecule has 0 amide bonds. The van der Waals surface area contributed by atoms with Gasteiger partial charge in [-0.2, -0.15) is 11.8 Å². The second-order valence-corrected chi connectivity index (χ2v) is 8.55. The number of hydrogen-bond acceptors (Lipinski definition) is 6. The highest BCUT2D eigenvalue weighted by Crippen LogP contribution is 2.25. The lowest BCUT2D eigenvalue weighted by Crippen LogP contribution is -2.48. The fourth-order valence-corrected chi connectivity index (χ4v) is 4.24. The van der Waals surface area contributed by atoms with E-state index in [9.17, 15) is 0 Å². The number of tetrazole rings is 1. The van der Waals surface area contributed by atoms with E-state index in [1.165, 1.54) is 5.56 Å². The normalized spacial score (nSPS) is 17.2. The van der Waals surface area contributed by atoms with Crippen molar-refractivity contribution in [1.29, 1.82) is 0 Å². The largest absolute Gasteiger partial charge is 0.297 e. The quantitative estimate of drug-likeness (QED) is 0.560. The summed E-state index contributed by atoms with van der Waals surface area (Å²) in [5.41, 5.74) is 1.27. The molecule has 0 radical (unpaired) electrons. The summed E-state index contributed by atoms with van der Waals surface area (Å²) in [6, 6.07) is 10.8. The molecule has 2 aromatic rings. The Hall–Kier alpha value is -1.70. The van der Waals surface area contributed by atoms with Crippen LogP contribution in [-0.2, 0) is 6.54 Å². The Kier molecular flexibility index (Phi) is 9.18. The molecule has 1 fully saturated rings. The monoisotopic (exact) mass is 414 g/mol. The van der Waals surface area contributed by atoms with Crippen molar-refractivity contribution in [3.8, 4) is 0 Å². The van der Waals surface area contributed by atoms with Crippen molar-refractivity contribution in [1.82, 2.24) is 30.0 Å². The van der Waals surface area contributed by atoms with Crippen LogP contribution in [0.15, 0.2) is 36.4 Å². The number of unbranched alkanes of at least 4 members (excludes halogenated alkanes) is 1. The van der Waals surface area contributed by atoms with Crippen molar-refractivity contribution in [3.05, 3.63) is 47.8 Å². The Morgan fingerprint density at radius 2 is 1.93 bits per heavy atom. The third-order valence-electron chi connectivity index (χ3n) is 5.50. The molecule has 7 heteroatoms. The average Bonchev–Trinajstić information content (AvgIpc) is 3.22. The predicted molar refractivity (Wildman–Crippen MR) is 122 cm³/mol.